The molecule has 1 aromatic heterocycles. The Hall–Kier alpha value is -3.68. The topological polar surface area (TPSA) is 83.4 Å². The van der Waals surface area contributed by atoms with Crippen LogP contribution in [0.15, 0.2) is 65.1 Å². The first-order valence-electron chi connectivity index (χ1n) is 12.8. The third-order valence-corrected chi connectivity index (χ3v) is 6.72. The molecular weight excluding hydrogens is 476 g/mol. The van der Waals surface area contributed by atoms with Gasteiger partial charge in [-0.25, -0.2) is 8.78 Å². The molecule has 196 valence electrons. The van der Waals surface area contributed by atoms with Gasteiger partial charge < -0.3 is 20.4 Å². The lowest BCUT2D eigenvalue weighted by Gasteiger charge is -2.27. The molecule has 0 bridgehead atoms. The van der Waals surface area contributed by atoms with Gasteiger partial charge in [0, 0.05) is 18.2 Å². The van der Waals surface area contributed by atoms with Crippen molar-refractivity contribution in [3.63, 3.8) is 0 Å². The molecule has 1 saturated carbocycles. The molecule has 0 spiro atoms. The molecule has 2 aromatic carbocycles. The molecule has 0 aliphatic heterocycles. The van der Waals surface area contributed by atoms with Gasteiger partial charge in [-0.1, -0.05) is 56.4 Å². The molecule has 4 rings (SSSR count). The zero-order chi connectivity index (χ0) is 26.2. The fourth-order valence-corrected chi connectivity index (χ4v) is 4.74. The van der Waals surface area contributed by atoms with Gasteiger partial charge in [0.15, 0.2) is 5.76 Å². The number of halogens is 2. The van der Waals surface area contributed by atoms with Crippen molar-refractivity contribution in [3.05, 3.63) is 78.1 Å². The van der Waals surface area contributed by atoms with Gasteiger partial charge in [-0.05, 0) is 55.7 Å². The van der Waals surface area contributed by atoms with E-state index in [0.29, 0.717) is 35.9 Å². The lowest BCUT2D eigenvalue weighted by atomic mass is 9.84. The first-order chi connectivity index (χ1) is 17.9. The number of para-hydroxylation sites is 1. The minimum Gasteiger partial charge on any atom is -0.451 e. The lowest BCUT2D eigenvalue weighted by Crippen LogP contribution is -2.51. The van der Waals surface area contributed by atoms with Gasteiger partial charge in [0.05, 0.1) is 5.69 Å². The Morgan fingerprint density at radius 1 is 0.973 bits per heavy atom. The summed E-state index contributed by atoms with van der Waals surface area (Å²) in [5, 5.41) is 8.80. The average molecular weight is 510 g/mol. The maximum Gasteiger partial charge on any atom is 0.287 e. The van der Waals surface area contributed by atoms with Crippen molar-refractivity contribution >= 4 is 17.5 Å². The van der Waals surface area contributed by atoms with Crippen LogP contribution in [0, 0.1) is 17.6 Å². The Morgan fingerprint density at radius 3 is 2.51 bits per heavy atom. The van der Waals surface area contributed by atoms with Crippen molar-refractivity contribution in [3.8, 4) is 11.3 Å². The number of benzene rings is 2. The standard InChI is InChI=1S/C29H33F2N3O3/c1-19(18-32-24-13-6-5-12-23(24)31)33-28(35)25(16-20-8-3-2-4-9-20)34-29(36)27-15-14-26(37-27)21-10-7-11-22(30)17-21/h5-7,10-15,17,19-20,25,32H,2-4,8-9,16,18H2,1H3,(H,33,35)(H,34,36)/t19-,25?/m0/s1. The van der Waals surface area contributed by atoms with E-state index in [0.717, 1.165) is 25.7 Å². The van der Waals surface area contributed by atoms with Crippen LogP contribution in [0.2, 0.25) is 0 Å². The van der Waals surface area contributed by atoms with Crippen LogP contribution < -0.4 is 16.0 Å². The zero-order valence-electron chi connectivity index (χ0n) is 20.9. The van der Waals surface area contributed by atoms with Gasteiger partial charge in [0.2, 0.25) is 5.91 Å². The van der Waals surface area contributed by atoms with Gasteiger partial charge in [-0.3, -0.25) is 9.59 Å². The van der Waals surface area contributed by atoms with Crippen LogP contribution >= 0.6 is 0 Å². The van der Waals surface area contributed by atoms with Crippen molar-refractivity contribution in [2.75, 3.05) is 11.9 Å². The molecule has 1 fully saturated rings. The summed E-state index contributed by atoms with van der Waals surface area (Å²) in [6, 6.07) is 14.4. The zero-order valence-corrected chi connectivity index (χ0v) is 20.9. The van der Waals surface area contributed by atoms with E-state index in [1.54, 1.807) is 36.4 Å². The summed E-state index contributed by atoms with van der Waals surface area (Å²) in [6.07, 6.45) is 6.00. The van der Waals surface area contributed by atoms with Crippen LogP contribution in [0.3, 0.4) is 0 Å². The van der Waals surface area contributed by atoms with Gasteiger partial charge in [-0.2, -0.15) is 0 Å². The van der Waals surface area contributed by atoms with Crippen molar-refractivity contribution < 1.29 is 22.8 Å². The highest BCUT2D eigenvalue weighted by molar-refractivity contribution is 5.96. The van der Waals surface area contributed by atoms with Crippen LogP contribution in [0.4, 0.5) is 14.5 Å². The lowest BCUT2D eigenvalue weighted by molar-refractivity contribution is -0.124. The molecular formula is C29H33F2N3O3. The van der Waals surface area contributed by atoms with E-state index >= 15 is 0 Å². The van der Waals surface area contributed by atoms with E-state index in [2.05, 4.69) is 16.0 Å². The minimum atomic E-state index is -0.741. The maximum atomic E-state index is 13.9. The third-order valence-electron chi connectivity index (χ3n) is 6.72. The number of nitrogens with one attached hydrogen (secondary N) is 3. The highest BCUT2D eigenvalue weighted by Crippen LogP contribution is 2.28. The fourth-order valence-electron chi connectivity index (χ4n) is 4.74. The third kappa shape index (κ3) is 7.41. The number of furan rings is 1. The normalized spacial score (nSPS) is 15.5. The SMILES string of the molecule is C[C@@H](CNc1ccccc1F)NC(=O)C(CC1CCCCC1)NC(=O)c1ccc(-c2cccc(F)c2)o1. The number of carbonyl (C=O) groups is 2. The van der Waals surface area contributed by atoms with E-state index in [9.17, 15) is 18.4 Å². The summed E-state index contributed by atoms with van der Waals surface area (Å²) in [7, 11) is 0. The Morgan fingerprint density at radius 2 is 1.76 bits per heavy atom. The second-order valence-corrected chi connectivity index (χ2v) is 9.71. The first kappa shape index (κ1) is 26.4. The van der Waals surface area contributed by atoms with Gasteiger partial charge in [-0.15, -0.1) is 0 Å². The molecule has 37 heavy (non-hydrogen) atoms. The predicted molar refractivity (Wildman–Crippen MR) is 139 cm³/mol. The monoisotopic (exact) mass is 509 g/mol. The van der Waals surface area contributed by atoms with Gasteiger partial charge >= 0.3 is 0 Å². The molecule has 0 radical (unpaired) electrons. The molecule has 1 heterocycles. The first-order valence-corrected chi connectivity index (χ1v) is 12.8. The largest absolute Gasteiger partial charge is 0.451 e. The fraction of sp³-hybridized carbons (Fsp3) is 0.379. The van der Waals surface area contributed by atoms with E-state index in [1.165, 1.54) is 30.7 Å². The molecule has 2 amide bonds. The molecule has 1 aliphatic rings. The Bertz CT molecular complexity index is 1210. The second kappa shape index (κ2) is 12.5. The van der Waals surface area contributed by atoms with Crippen molar-refractivity contribution in [2.45, 2.75) is 57.5 Å². The van der Waals surface area contributed by atoms with E-state index in [4.69, 9.17) is 4.42 Å². The summed E-state index contributed by atoms with van der Waals surface area (Å²) >= 11 is 0. The molecule has 0 saturated heterocycles. The van der Waals surface area contributed by atoms with Crippen molar-refractivity contribution in [2.24, 2.45) is 5.92 Å². The van der Waals surface area contributed by atoms with Crippen LogP contribution in [0.1, 0.15) is 56.0 Å². The number of carbonyl (C=O) groups excluding carboxylic acids is 2. The summed E-state index contributed by atoms with van der Waals surface area (Å²) < 4.78 is 33.2. The number of rotatable bonds is 10. The Labute approximate surface area is 215 Å². The van der Waals surface area contributed by atoms with Crippen LogP contribution in [-0.2, 0) is 4.79 Å². The Balaban J connectivity index is 1.40. The van der Waals surface area contributed by atoms with Crippen LogP contribution in [0.25, 0.3) is 11.3 Å². The smallest absolute Gasteiger partial charge is 0.287 e. The van der Waals surface area contributed by atoms with E-state index in [-0.39, 0.29) is 23.5 Å². The highest BCUT2D eigenvalue weighted by atomic mass is 19.1. The summed E-state index contributed by atoms with van der Waals surface area (Å²) in [5.41, 5.74) is 0.884. The molecule has 3 N–H and O–H groups in total. The summed E-state index contributed by atoms with van der Waals surface area (Å²) in [5.74, 6) is -0.798. The number of anilines is 1. The minimum absolute atomic E-state index is 0.0509. The molecule has 8 heteroatoms. The van der Waals surface area contributed by atoms with Gasteiger partial charge in [0.25, 0.3) is 5.91 Å². The molecule has 3 aromatic rings. The second-order valence-electron chi connectivity index (χ2n) is 9.71. The molecule has 2 atom stereocenters. The van der Waals surface area contributed by atoms with Crippen LogP contribution in [-0.4, -0.2) is 30.4 Å². The predicted octanol–water partition coefficient (Wildman–Crippen LogP) is 5.91. The number of hydrogen-bond acceptors (Lipinski definition) is 4. The number of hydrogen-bond donors (Lipinski definition) is 3. The molecule has 1 aliphatic carbocycles. The number of amides is 2. The van der Waals surface area contributed by atoms with Crippen LogP contribution in [0.5, 0.6) is 0 Å². The summed E-state index contributed by atoms with van der Waals surface area (Å²) in [6.45, 7) is 2.15. The highest BCUT2D eigenvalue weighted by Gasteiger charge is 2.28. The van der Waals surface area contributed by atoms with Gasteiger partial charge in [0.1, 0.15) is 23.4 Å². The van der Waals surface area contributed by atoms with E-state index in [1.807, 2.05) is 6.92 Å². The average Bonchev–Trinajstić information content (AvgIpc) is 3.39. The summed E-state index contributed by atoms with van der Waals surface area (Å²) in [4.78, 5) is 26.3. The molecule has 1 unspecified atom stereocenters. The quantitative estimate of drug-likeness (QED) is 0.317. The van der Waals surface area contributed by atoms with Crippen molar-refractivity contribution in [1.29, 1.82) is 0 Å². The Kier molecular flexibility index (Phi) is 8.93. The van der Waals surface area contributed by atoms with E-state index < -0.39 is 17.8 Å². The molecule has 6 nitrogen and oxygen atoms in total. The maximum absolute atomic E-state index is 13.9. The van der Waals surface area contributed by atoms with Crippen molar-refractivity contribution in [1.82, 2.24) is 10.6 Å².